The van der Waals surface area contributed by atoms with Crippen LogP contribution in [0, 0.1) is 0 Å². The predicted octanol–water partition coefficient (Wildman–Crippen LogP) is 4.98. The van der Waals surface area contributed by atoms with Gasteiger partial charge in [-0.05, 0) is 24.6 Å². The van der Waals surface area contributed by atoms with Gasteiger partial charge >= 0.3 is 0 Å². The number of ether oxygens (including phenoxy) is 1. The van der Waals surface area contributed by atoms with Crippen LogP contribution in [0.1, 0.15) is 51.1 Å². The van der Waals surface area contributed by atoms with Gasteiger partial charge in [0.25, 0.3) is 0 Å². The zero-order valence-corrected chi connectivity index (χ0v) is 17.7. The number of methoxy groups -OCH3 is 1. The third-order valence-electron chi connectivity index (χ3n) is 3.57. The zero-order valence-electron chi connectivity index (χ0n) is 15.3. The molecule has 0 aliphatic carbocycles. The van der Waals surface area contributed by atoms with Gasteiger partial charge in [0.2, 0.25) is 4.80 Å². The third-order valence-corrected chi connectivity index (χ3v) is 5.49. The van der Waals surface area contributed by atoms with Crippen molar-refractivity contribution in [1.82, 2.24) is 9.78 Å². The second kappa shape index (κ2) is 8.43. The number of unbranched alkanes of at least 4 members (excludes halogenated alkanes) is 1. The Morgan fingerprint density at radius 3 is 2.72 bits per heavy atom. The van der Waals surface area contributed by atoms with Crippen molar-refractivity contribution in [2.45, 2.75) is 52.5 Å². The maximum atomic E-state index is 6.11. The van der Waals surface area contributed by atoms with Crippen molar-refractivity contribution < 1.29 is 4.74 Å². The molecule has 0 aliphatic heterocycles. The fourth-order valence-corrected chi connectivity index (χ4v) is 3.61. The molecule has 1 heterocycles. The van der Waals surface area contributed by atoms with Gasteiger partial charge < -0.3 is 4.74 Å². The summed E-state index contributed by atoms with van der Waals surface area (Å²) in [5.41, 5.74) is 0.694. The number of thiocarbonyl (C=S) groups is 1. The average molecular weight is 398 g/mol. The van der Waals surface area contributed by atoms with Gasteiger partial charge in [-0.2, -0.15) is 5.10 Å². The molecular formula is C18H24ClN3OS2. The molecule has 0 spiro atoms. The normalized spacial score (nSPS) is 12.5. The number of nitrogens with zero attached hydrogens (tertiary/aromatic N) is 3. The van der Waals surface area contributed by atoms with E-state index in [2.05, 4.69) is 32.7 Å². The van der Waals surface area contributed by atoms with E-state index in [0.717, 1.165) is 34.8 Å². The van der Waals surface area contributed by atoms with E-state index in [-0.39, 0.29) is 5.41 Å². The minimum Gasteiger partial charge on any atom is -0.496 e. The fourth-order valence-electron chi connectivity index (χ4n) is 2.14. The number of hydrogen-bond donors (Lipinski definition) is 0. The first-order valence-corrected chi connectivity index (χ1v) is 9.87. The van der Waals surface area contributed by atoms with E-state index in [1.165, 1.54) is 0 Å². The minimum atomic E-state index is -0.0260. The van der Waals surface area contributed by atoms with Gasteiger partial charge in [-0.1, -0.05) is 69.3 Å². The molecule has 1 aromatic carbocycles. The second-order valence-corrected chi connectivity index (χ2v) is 8.56. The molecule has 0 aliphatic rings. The Balaban J connectivity index is 2.50. The van der Waals surface area contributed by atoms with Gasteiger partial charge in [0.15, 0.2) is 0 Å². The summed E-state index contributed by atoms with van der Waals surface area (Å²) in [6, 6.07) is 5.37. The SMILES string of the molecule is CCCCn1nc(C(C)(C)C)s/c1=N\C(=S)c1cc(Cl)ccc1OC. The van der Waals surface area contributed by atoms with Crippen LogP contribution in [0.25, 0.3) is 0 Å². The molecule has 136 valence electrons. The molecule has 25 heavy (non-hydrogen) atoms. The number of halogens is 1. The summed E-state index contributed by atoms with van der Waals surface area (Å²) in [6.45, 7) is 9.45. The van der Waals surface area contributed by atoms with Crippen LogP contribution in [0.2, 0.25) is 5.02 Å². The van der Waals surface area contributed by atoms with E-state index in [0.29, 0.717) is 15.8 Å². The van der Waals surface area contributed by atoms with Crippen LogP contribution in [-0.2, 0) is 12.0 Å². The predicted molar refractivity (Wildman–Crippen MR) is 109 cm³/mol. The maximum Gasteiger partial charge on any atom is 0.209 e. The van der Waals surface area contributed by atoms with E-state index in [4.69, 9.17) is 33.7 Å². The largest absolute Gasteiger partial charge is 0.496 e. The molecule has 0 radical (unpaired) electrons. The smallest absolute Gasteiger partial charge is 0.209 e. The molecule has 0 unspecified atom stereocenters. The van der Waals surface area contributed by atoms with Crippen molar-refractivity contribution in [2.75, 3.05) is 7.11 Å². The summed E-state index contributed by atoms with van der Waals surface area (Å²) in [7, 11) is 1.61. The molecule has 4 nitrogen and oxygen atoms in total. The van der Waals surface area contributed by atoms with Crippen LogP contribution >= 0.6 is 35.2 Å². The van der Waals surface area contributed by atoms with Crippen LogP contribution in [0.3, 0.4) is 0 Å². The molecule has 0 saturated heterocycles. The Morgan fingerprint density at radius 1 is 1.40 bits per heavy atom. The van der Waals surface area contributed by atoms with Crippen LogP contribution < -0.4 is 9.54 Å². The molecule has 0 atom stereocenters. The molecular weight excluding hydrogens is 374 g/mol. The third kappa shape index (κ3) is 5.12. The molecule has 0 fully saturated rings. The van der Waals surface area contributed by atoms with Crippen LogP contribution in [-0.4, -0.2) is 21.9 Å². The summed E-state index contributed by atoms with van der Waals surface area (Å²) in [6.07, 6.45) is 2.15. The number of rotatable bonds is 5. The summed E-state index contributed by atoms with van der Waals surface area (Å²) < 4.78 is 7.35. The Morgan fingerprint density at radius 2 is 2.12 bits per heavy atom. The molecule has 2 aromatic rings. The van der Waals surface area contributed by atoms with E-state index >= 15 is 0 Å². The quantitative estimate of drug-likeness (QED) is 0.668. The first-order chi connectivity index (χ1) is 11.8. The zero-order chi connectivity index (χ0) is 18.6. The van der Waals surface area contributed by atoms with Gasteiger partial charge in [0.05, 0.1) is 12.7 Å². The van der Waals surface area contributed by atoms with Gasteiger partial charge in [0, 0.05) is 17.0 Å². The van der Waals surface area contributed by atoms with E-state index in [1.54, 1.807) is 36.6 Å². The topological polar surface area (TPSA) is 39.4 Å². The average Bonchev–Trinajstić information content (AvgIpc) is 2.95. The van der Waals surface area contributed by atoms with Crippen LogP contribution in [0.15, 0.2) is 23.2 Å². The van der Waals surface area contributed by atoms with Gasteiger partial charge in [0.1, 0.15) is 15.7 Å². The van der Waals surface area contributed by atoms with Crippen molar-refractivity contribution in [2.24, 2.45) is 4.99 Å². The van der Waals surface area contributed by atoms with Gasteiger partial charge in [-0.25, -0.2) is 9.67 Å². The first kappa shape index (κ1) is 20.1. The van der Waals surface area contributed by atoms with Crippen molar-refractivity contribution in [3.8, 4) is 5.75 Å². The maximum absolute atomic E-state index is 6.11. The van der Waals surface area contributed by atoms with E-state index < -0.39 is 0 Å². The molecule has 0 bridgehead atoms. The van der Waals surface area contributed by atoms with Crippen LogP contribution in [0.4, 0.5) is 0 Å². The fraction of sp³-hybridized carbons (Fsp3) is 0.500. The van der Waals surface area contributed by atoms with Crippen LogP contribution in [0.5, 0.6) is 5.75 Å². The summed E-state index contributed by atoms with van der Waals surface area (Å²) >= 11 is 13.2. The summed E-state index contributed by atoms with van der Waals surface area (Å²) in [5, 5.41) is 6.40. The van der Waals surface area contributed by atoms with Gasteiger partial charge in [-0.3, -0.25) is 0 Å². The Hall–Kier alpha value is -1.24. The Labute approximate surface area is 163 Å². The van der Waals surface area contributed by atoms with Gasteiger partial charge in [-0.15, -0.1) is 0 Å². The van der Waals surface area contributed by atoms with Crippen molar-refractivity contribution >= 4 is 40.1 Å². The second-order valence-electron chi connectivity index (χ2n) is 6.78. The lowest BCUT2D eigenvalue weighted by Gasteiger charge is -2.12. The minimum absolute atomic E-state index is 0.0260. The lowest BCUT2D eigenvalue weighted by molar-refractivity contribution is 0.414. The monoisotopic (exact) mass is 397 g/mol. The highest BCUT2D eigenvalue weighted by atomic mass is 35.5. The lowest BCUT2D eigenvalue weighted by Crippen LogP contribution is -2.19. The highest BCUT2D eigenvalue weighted by molar-refractivity contribution is 7.80. The van der Waals surface area contributed by atoms with Crippen molar-refractivity contribution in [3.63, 3.8) is 0 Å². The lowest BCUT2D eigenvalue weighted by atomic mass is 9.98. The molecule has 0 N–H and O–H groups in total. The van der Waals surface area contributed by atoms with Crippen molar-refractivity contribution in [3.05, 3.63) is 38.6 Å². The number of aryl methyl sites for hydroxylation is 1. The molecule has 0 saturated carbocycles. The molecule has 2 rings (SSSR count). The number of aromatic nitrogens is 2. The van der Waals surface area contributed by atoms with Crippen molar-refractivity contribution in [1.29, 1.82) is 0 Å². The highest BCUT2D eigenvalue weighted by Gasteiger charge is 2.20. The van der Waals surface area contributed by atoms with E-state index in [9.17, 15) is 0 Å². The van der Waals surface area contributed by atoms with E-state index in [1.807, 2.05) is 4.68 Å². The summed E-state index contributed by atoms with van der Waals surface area (Å²) in [4.78, 5) is 5.94. The molecule has 1 aromatic heterocycles. The molecule has 7 heteroatoms. The summed E-state index contributed by atoms with van der Waals surface area (Å²) in [5.74, 6) is 0.666. The number of benzene rings is 1. The number of hydrogen-bond acceptors (Lipinski definition) is 4. The Bertz CT molecular complexity index is 818. The standard InChI is InChI=1S/C18H24ClN3OS2/c1-6-7-10-22-17(25-16(21-22)18(2,3)4)20-15(24)13-11-12(19)8-9-14(13)23-5/h8-9,11H,6-7,10H2,1-5H3/b20-17-. The first-order valence-electron chi connectivity index (χ1n) is 8.27. The molecule has 0 amide bonds. The Kier molecular flexibility index (Phi) is 6.77. The highest BCUT2D eigenvalue weighted by Crippen LogP contribution is 2.25.